The lowest BCUT2D eigenvalue weighted by Crippen LogP contribution is -2.30. The first-order valence-electron chi connectivity index (χ1n) is 10.1. The number of nitrogens with zero attached hydrogens (tertiary/aromatic N) is 4. The Bertz CT molecular complexity index is 1600. The third kappa shape index (κ3) is 3.50. The van der Waals surface area contributed by atoms with Crippen molar-refractivity contribution in [3.8, 4) is 11.4 Å². The molecule has 0 N–H and O–H groups in total. The van der Waals surface area contributed by atoms with Gasteiger partial charge >= 0.3 is 12.1 Å². The van der Waals surface area contributed by atoms with Gasteiger partial charge in [-0.05, 0) is 31.2 Å². The molecular weight excluding hydrogens is 532 g/mol. The van der Waals surface area contributed by atoms with Crippen molar-refractivity contribution in [1.82, 2.24) is 19.6 Å². The van der Waals surface area contributed by atoms with Crippen molar-refractivity contribution in [2.75, 3.05) is 6.61 Å². The molecule has 5 rings (SSSR count). The predicted molar refractivity (Wildman–Crippen MR) is 123 cm³/mol. The summed E-state index contributed by atoms with van der Waals surface area (Å²) >= 11 is 18.7. The van der Waals surface area contributed by atoms with Crippen LogP contribution in [0.5, 0.6) is 0 Å². The second-order valence-corrected chi connectivity index (χ2v) is 8.71. The smallest absolute Gasteiger partial charge is 0.436 e. The molecule has 1 aliphatic rings. The maximum absolute atomic E-state index is 14.1. The van der Waals surface area contributed by atoms with Gasteiger partial charge < -0.3 is 4.74 Å². The lowest BCUT2D eigenvalue weighted by atomic mass is 9.90. The van der Waals surface area contributed by atoms with E-state index in [0.717, 1.165) is 4.68 Å². The van der Waals surface area contributed by atoms with Crippen LogP contribution in [0, 0.1) is 0 Å². The minimum atomic E-state index is -5.00. The fourth-order valence-corrected chi connectivity index (χ4v) is 4.79. The number of carbonyl (C=O) groups is 1. The normalized spacial score (nSPS) is 14.8. The van der Waals surface area contributed by atoms with Crippen molar-refractivity contribution in [1.29, 1.82) is 0 Å². The number of alkyl halides is 3. The highest BCUT2D eigenvalue weighted by Crippen LogP contribution is 2.45. The van der Waals surface area contributed by atoms with Crippen molar-refractivity contribution in [2.24, 2.45) is 0 Å². The van der Waals surface area contributed by atoms with Crippen LogP contribution >= 0.6 is 34.8 Å². The van der Waals surface area contributed by atoms with Crippen molar-refractivity contribution in [3.05, 3.63) is 78.8 Å². The van der Waals surface area contributed by atoms with Gasteiger partial charge in [0.15, 0.2) is 5.69 Å². The Hall–Kier alpha value is -3.08. The van der Waals surface area contributed by atoms with Crippen molar-refractivity contribution in [3.63, 3.8) is 0 Å². The van der Waals surface area contributed by atoms with Crippen LogP contribution in [-0.2, 0) is 15.7 Å². The van der Waals surface area contributed by atoms with Crippen LogP contribution in [0.2, 0.25) is 15.1 Å². The zero-order valence-electron chi connectivity index (χ0n) is 17.5. The van der Waals surface area contributed by atoms with E-state index >= 15 is 0 Å². The number of carbonyl (C=O) groups excluding carboxylic acids is 1. The number of aromatic nitrogens is 4. The van der Waals surface area contributed by atoms with Gasteiger partial charge in [-0.1, -0.05) is 46.9 Å². The van der Waals surface area contributed by atoms with Gasteiger partial charge in [0.2, 0.25) is 0 Å². The molecule has 2 aromatic carbocycles. The fraction of sp³-hybridized carbons (Fsp3) is 0.182. The molecule has 1 unspecified atom stereocenters. The molecule has 0 aliphatic carbocycles. The van der Waals surface area contributed by atoms with Crippen LogP contribution in [0.1, 0.15) is 29.8 Å². The van der Waals surface area contributed by atoms with Gasteiger partial charge in [-0.2, -0.15) is 28.1 Å². The van der Waals surface area contributed by atoms with E-state index in [-0.39, 0.29) is 49.8 Å². The highest BCUT2D eigenvalue weighted by atomic mass is 35.5. The summed E-state index contributed by atoms with van der Waals surface area (Å²) in [5.74, 6) is -2.14. The molecule has 0 saturated carbocycles. The SMILES string of the molecule is CCOC(=O)C1c2c(Cl)cccc2-n2nc(C(F)(F)F)c3c(=O)n(-c4cccc(Cl)c4Cl)nc1c32. The summed E-state index contributed by atoms with van der Waals surface area (Å²) in [5, 5.41) is 7.26. The van der Waals surface area contributed by atoms with Crippen LogP contribution in [0.15, 0.2) is 41.2 Å². The summed E-state index contributed by atoms with van der Waals surface area (Å²) < 4.78 is 49.1. The minimum Gasteiger partial charge on any atom is -0.465 e. The molecule has 3 heterocycles. The number of ether oxygens (including phenoxy) is 1. The maximum Gasteiger partial charge on any atom is 0.436 e. The van der Waals surface area contributed by atoms with E-state index in [1.54, 1.807) is 6.92 Å². The average molecular weight is 544 g/mol. The van der Waals surface area contributed by atoms with Crippen LogP contribution in [0.4, 0.5) is 13.2 Å². The molecule has 35 heavy (non-hydrogen) atoms. The zero-order chi connectivity index (χ0) is 25.2. The average Bonchev–Trinajstić information content (AvgIpc) is 3.21. The molecule has 0 spiro atoms. The van der Waals surface area contributed by atoms with Crippen molar-refractivity contribution >= 4 is 51.7 Å². The number of halogens is 6. The van der Waals surface area contributed by atoms with Gasteiger partial charge in [-0.25, -0.2) is 4.68 Å². The highest BCUT2D eigenvalue weighted by molar-refractivity contribution is 6.43. The molecule has 180 valence electrons. The molecule has 1 aliphatic heterocycles. The Morgan fingerprint density at radius 1 is 1.03 bits per heavy atom. The zero-order valence-corrected chi connectivity index (χ0v) is 19.8. The summed E-state index contributed by atoms with van der Waals surface area (Å²) in [4.78, 5) is 26.6. The molecule has 13 heteroatoms. The van der Waals surface area contributed by atoms with Gasteiger partial charge in [-0.3, -0.25) is 9.59 Å². The lowest BCUT2D eigenvalue weighted by molar-refractivity contribution is -0.144. The van der Waals surface area contributed by atoms with E-state index in [4.69, 9.17) is 39.5 Å². The van der Waals surface area contributed by atoms with E-state index in [0.29, 0.717) is 4.68 Å². The summed E-state index contributed by atoms with van der Waals surface area (Å²) in [6, 6.07) is 8.68. The second kappa shape index (κ2) is 8.25. The third-order valence-electron chi connectivity index (χ3n) is 5.51. The minimum absolute atomic E-state index is 0.00884. The van der Waals surface area contributed by atoms with E-state index in [2.05, 4.69) is 10.2 Å². The number of hydrogen-bond donors (Lipinski definition) is 0. The largest absolute Gasteiger partial charge is 0.465 e. The third-order valence-corrected chi connectivity index (χ3v) is 6.65. The summed E-state index contributed by atoms with van der Waals surface area (Å²) in [7, 11) is 0. The molecule has 2 aromatic heterocycles. The molecule has 0 bridgehead atoms. The summed E-state index contributed by atoms with van der Waals surface area (Å²) in [6.45, 7) is 1.57. The van der Waals surface area contributed by atoms with Crippen molar-refractivity contribution < 1.29 is 22.7 Å². The summed E-state index contributed by atoms with van der Waals surface area (Å²) in [6.07, 6.45) is -5.00. The van der Waals surface area contributed by atoms with Gasteiger partial charge in [-0.15, -0.1) is 0 Å². The Morgan fingerprint density at radius 3 is 2.34 bits per heavy atom. The Morgan fingerprint density at radius 2 is 1.69 bits per heavy atom. The highest BCUT2D eigenvalue weighted by Gasteiger charge is 2.45. The Labute approximate surface area is 209 Å². The van der Waals surface area contributed by atoms with Crippen LogP contribution in [0.3, 0.4) is 0 Å². The summed E-state index contributed by atoms with van der Waals surface area (Å²) in [5.41, 5.74) is -2.88. The van der Waals surface area contributed by atoms with E-state index in [1.807, 2.05) is 0 Å². The standard InChI is InChI=1S/C22H12Cl3F3N4O3/c1-2-35-21(34)14-13-9(23)5-3-7-11(13)31-18-15(19(30-31)22(26,27)28)20(33)32(29-17(14)18)12-8-4-6-10(24)16(12)25/h3-8,14H,2H2,1H3. The number of hydrogen-bond acceptors (Lipinski definition) is 5. The van der Waals surface area contributed by atoms with E-state index in [1.165, 1.54) is 36.4 Å². The monoisotopic (exact) mass is 542 g/mol. The van der Waals surface area contributed by atoms with E-state index in [9.17, 15) is 22.8 Å². The Balaban J connectivity index is 2.00. The number of fused-ring (bicyclic) bond motifs is 2. The topological polar surface area (TPSA) is 79.0 Å². The molecule has 4 aromatic rings. The lowest BCUT2D eigenvalue weighted by Gasteiger charge is -2.26. The first-order chi connectivity index (χ1) is 16.6. The molecular formula is C22H12Cl3F3N4O3. The quantitative estimate of drug-likeness (QED) is 0.316. The number of benzene rings is 2. The fourth-order valence-electron chi connectivity index (χ4n) is 4.14. The number of esters is 1. The maximum atomic E-state index is 14.1. The first-order valence-corrected chi connectivity index (χ1v) is 11.2. The molecule has 0 saturated heterocycles. The Kier molecular flexibility index (Phi) is 5.58. The first kappa shape index (κ1) is 23.7. The molecule has 0 amide bonds. The van der Waals surface area contributed by atoms with E-state index < -0.39 is 34.7 Å². The van der Waals surface area contributed by atoms with Crippen LogP contribution < -0.4 is 5.56 Å². The predicted octanol–water partition coefficient (Wildman–Crippen LogP) is 5.56. The molecule has 1 atom stereocenters. The molecule has 0 fully saturated rings. The molecule has 7 nitrogen and oxygen atoms in total. The molecule has 0 radical (unpaired) electrons. The van der Waals surface area contributed by atoms with Gasteiger partial charge in [0.1, 0.15) is 22.5 Å². The van der Waals surface area contributed by atoms with Crippen LogP contribution in [-0.4, -0.2) is 32.1 Å². The van der Waals surface area contributed by atoms with Gasteiger partial charge in [0.05, 0.1) is 28.0 Å². The van der Waals surface area contributed by atoms with Gasteiger partial charge in [0, 0.05) is 10.6 Å². The van der Waals surface area contributed by atoms with Crippen LogP contribution in [0.25, 0.3) is 22.3 Å². The second-order valence-electron chi connectivity index (χ2n) is 7.51. The van der Waals surface area contributed by atoms with Crippen molar-refractivity contribution in [2.45, 2.75) is 19.0 Å². The number of rotatable bonds is 3. The van der Waals surface area contributed by atoms with Gasteiger partial charge in [0.25, 0.3) is 5.56 Å².